The van der Waals surface area contributed by atoms with Gasteiger partial charge in [0.05, 0.1) is 10.9 Å². The first-order chi connectivity index (χ1) is 6.70. The molecule has 0 unspecified atom stereocenters. The molecule has 0 aliphatic carbocycles. The first kappa shape index (κ1) is 9.21. The number of aromatic amines is 2. The number of hydrogen-bond acceptors (Lipinski definition) is 2. The highest BCUT2D eigenvalue weighted by Crippen LogP contribution is 2.10. The fourth-order valence-corrected chi connectivity index (χ4v) is 1.64. The molecule has 72 valence electrons. The molecule has 0 saturated heterocycles. The van der Waals surface area contributed by atoms with E-state index in [1.165, 1.54) is 0 Å². The molecule has 0 bridgehead atoms. The summed E-state index contributed by atoms with van der Waals surface area (Å²) in [6.45, 7) is 0. The Bertz CT molecular complexity index is 585. The van der Waals surface area contributed by atoms with E-state index in [2.05, 4.69) is 25.9 Å². The van der Waals surface area contributed by atoms with E-state index in [4.69, 9.17) is 0 Å². The maximum absolute atomic E-state index is 11.4. The van der Waals surface area contributed by atoms with E-state index >= 15 is 0 Å². The van der Waals surface area contributed by atoms with E-state index in [0.717, 1.165) is 5.56 Å². The molecule has 0 saturated carbocycles. The number of rotatable bonds is 1. The number of alkyl halides is 1. The lowest BCUT2D eigenvalue weighted by atomic mass is 10.2. The lowest BCUT2D eigenvalue weighted by Gasteiger charge is -1.98. The minimum Gasteiger partial charge on any atom is -0.307 e. The third-order valence-electron chi connectivity index (χ3n) is 1.96. The molecule has 1 heterocycles. The maximum atomic E-state index is 11.4. The third kappa shape index (κ3) is 1.50. The second-order valence-electron chi connectivity index (χ2n) is 2.92. The standard InChI is InChI=1S/C9H7BrN2O2/c10-4-5-1-2-7-6(3-5)8(13)12-9(14)11-7/h1-3H,4H2,(H2,11,12,13,14). The minimum atomic E-state index is -0.478. The first-order valence-electron chi connectivity index (χ1n) is 4.02. The van der Waals surface area contributed by atoms with Gasteiger partial charge in [0.15, 0.2) is 0 Å². The average molecular weight is 255 g/mol. The van der Waals surface area contributed by atoms with Gasteiger partial charge in [-0.1, -0.05) is 22.0 Å². The van der Waals surface area contributed by atoms with Crippen molar-refractivity contribution in [2.75, 3.05) is 0 Å². The van der Waals surface area contributed by atoms with Crippen molar-refractivity contribution in [3.63, 3.8) is 0 Å². The van der Waals surface area contributed by atoms with Crippen LogP contribution in [0.2, 0.25) is 0 Å². The summed E-state index contributed by atoms with van der Waals surface area (Å²) in [5, 5.41) is 1.18. The van der Waals surface area contributed by atoms with Crippen LogP contribution in [0.1, 0.15) is 5.56 Å². The molecule has 0 atom stereocenters. The van der Waals surface area contributed by atoms with Gasteiger partial charge in [-0.2, -0.15) is 0 Å². The molecule has 2 N–H and O–H groups in total. The highest BCUT2D eigenvalue weighted by Gasteiger charge is 2.00. The summed E-state index contributed by atoms with van der Waals surface area (Å²) in [6, 6.07) is 5.33. The topological polar surface area (TPSA) is 65.7 Å². The van der Waals surface area contributed by atoms with Gasteiger partial charge in [-0.15, -0.1) is 0 Å². The Kier molecular flexibility index (Phi) is 2.25. The van der Waals surface area contributed by atoms with Crippen molar-refractivity contribution in [1.82, 2.24) is 9.97 Å². The average Bonchev–Trinajstić information content (AvgIpc) is 2.17. The Hall–Kier alpha value is -1.36. The smallest absolute Gasteiger partial charge is 0.307 e. The summed E-state index contributed by atoms with van der Waals surface area (Å²) in [4.78, 5) is 27.1. The number of benzene rings is 1. The highest BCUT2D eigenvalue weighted by atomic mass is 79.9. The Balaban J connectivity index is 2.89. The quantitative estimate of drug-likeness (QED) is 0.749. The number of halogens is 1. The monoisotopic (exact) mass is 254 g/mol. The maximum Gasteiger partial charge on any atom is 0.326 e. The van der Waals surface area contributed by atoms with Crippen LogP contribution in [0, 0.1) is 0 Å². The number of hydrogen-bond donors (Lipinski definition) is 2. The second kappa shape index (κ2) is 3.42. The van der Waals surface area contributed by atoms with Gasteiger partial charge in [-0.05, 0) is 17.7 Å². The fraction of sp³-hybridized carbons (Fsp3) is 0.111. The van der Waals surface area contributed by atoms with E-state index in [1.807, 2.05) is 6.07 Å². The SMILES string of the molecule is O=c1[nH]c(=O)c2cc(CBr)ccc2[nH]1. The zero-order valence-corrected chi connectivity index (χ0v) is 8.72. The van der Waals surface area contributed by atoms with Crippen molar-refractivity contribution in [2.24, 2.45) is 0 Å². The molecule has 1 aromatic carbocycles. The van der Waals surface area contributed by atoms with Crippen LogP contribution >= 0.6 is 15.9 Å². The third-order valence-corrected chi connectivity index (χ3v) is 2.61. The normalized spacial score (nSPS) is 10.6. The first-order valence-corrected chi connectivity index (χ1v) is 5.14. The molecular formula is C9H7BrN2O2. The summed E-state index contributed by atoms with van der Waals surface area (Å²) in [5.74, 6) is 0. The molecule has 14 heavy (non-hydrogen) atoms. The Morgan fingerprint density at radius 3 is 2.71 bits per heavy atom. The van der Waals surface area contributed by atoms with Crippen LogP contribution < -0.4 is 11.2 Å². The van der Waals surface area contributed by atoms with E-state index in [0.29, 0.717) is 16.2 Å². The van der Waals surface area contributed by atoms with E-state index in [1.54, 1.807) is 12.1 Å². The lowest BCUT2D eigenvalue weighted by molar-refractivity contribution is 1.08. The molecule has 4 nitrogen and oxygen atoms in total. The van der Waals surface area contributed by atoms with Gasteiger partial charge in [-0.25, -0.2) is 4.79 Å². The molecule has 0 spiro atoms. The Labute approximate surface area is 87.1 Å². The predicted octanol–water partition coefficient (Wildman–Crippen LogP) is 1.11. The molecule has 0 fully saturated rings. The molecule has 5 heteroatoms. The van der Waals surface area contributed by atoms with Gasteiger partial charge in [0.1, 0.15) is 0 Å². The minimum absolute atomic E-state index is 0.355. The number of nitrogens with one attached hydrogen (secondary N) is 2. The molecule has 2 aromatic rings. The summed E-state index contributed by atoms with van der Waals surface area (Å²) >= 11 is 3.30. The van der Waals surface area contributed by atoms with E-state index in [9.17, 15) is 9.59 Å². The highest BCUT2D eigenvalue weighted by molar-refractivity contribution is 9.08. The van der Waals surface area contributed by atoms with Crippen molar-refractivity contribution in [3.8, 4) is 0 Å². The predicted molar refractivity (Wildman–Crippen MR) is 57.8 cm³/mol. The molecule has 0 amide bonds. The lowest BCUT2D eigenvalue weighted by Crippen LogP contribution is -2.21. The molecule has 0 aliphatic heterocycles. The number of H-pyrrole nitrogens is 2. The van der Waals surface area contributed by atoms with Gasteiger partial charge in [-0.3, -0.25) is 9.78 Å². The summed E-state index contributed by atoms with van der Waals surface area (Å²) in [7, 11) is 0. The number of aromatic nitrogens is 2. The van der Waals surface area contributed by atoms with Crippen LogP contribution in [-0.4, -0.2) is 9.97 Å². The van der Waals surface area contributed by atoms with Crippen molar-refractivity contribution >= 4 is 26.8 Å². The van der Waals surface area contributed by atoms with Crippen LogP contribution in [0.4, 0.5) is 0 Å². The van der Waals surface area contributed by atoms with Crippen molar-refractivity contribution in [3.05, 3.63) is 44.6 Å². The Morgan fingerprint density at radius 2 is 2.00 bits per heavy atom. The van der Waals surface area contributed by atoms with Gasteiger partial charge in [0.25, 0.3) is 5.56 Å². The van der Waals surface area contributed by atoms with Crippen molar-refractivity contribution in [1.29, 1.82) is 0 Å². The molecule has 0 radical (unpaired) electrons. The summed E-state index contributed by atoms with van der Waals surface area (Å²) in [5.41, 5.74) is 0.721. The molecular weight excluding hydrogens is 248 g/mol. The van der Waals surface area contributed by atoms with Crippen LogP contribution in [0.25, 0.3) is 10.9 Å². The number of fused-ring (bicyclic) bond motifs is 1. The van der Waals surface area contributed by atoms with Gasteiger partial charge < -0.3 is 4.98 Å². The fourth-order valence-electron chi connectivity index (χ4n) is 1.30. The molecule has 0 aliphatic rings. The summed E-state index contributed by atoms with van der Waals surface area (Å²) < 4.78 is 0. The summed E-state index contributed by atoms with van der Waals surface area (Å²) in [6.07, 6.45) is 0. The second-order valence-corrected chi connectivity index (χ2v) is 3.48. The van der Waals surface area contributed by atoms with Crippen LogP contribution in [0.5, 0.6) is 0 Å². The van der Waals surface area contributed by atoms with Crippen molar-refractivity contribution in [2.45, 2.75) is 5.33 Å². The van der Waals surface area contributed by atoms with Crippen LogP contribution in [0.3, 0.4) is 0 Å². The van der Waals surface area contributed by atoms with Crippen LogP contribution in [0.15, 0.2) is 27.8 Å². The zero-order chi connectivity index (χ0) is 10.1. The van der Waals surface area contributed by atoms with E-state index < -0.39 is 5.69 Å². The Morgan fingerprint density at radius 1 is 1.21 bits per heavy atom. The zero-order valence-electron chi connectivity index (χ0n) is 7.13. The van der Waals surface area contributed by atoms with Gasteiger partial charge >= 0.3 is 5.69 Å². The largest absolute Gasteiger partial charge is 0.326 e. The van der Waals surface area contributed by atoms with Gasteiger partial charge in [0.2, 0.25) is 0 Å². The van der Waals surface area contributed by atoms with Crippen molar-refractivity contribution < 1.29 is 0 Å². The van der Waals surface area contributed by atoms with Crippen LogP contribution in [-0.2, 0) is 5.33 Å². The molecule has 1 aromatic heterocycles. The molecule has 2 rings (SSSR count). The van der Waals surface area contributed by atoms with E-state index in [-0.39, 0.29) is 5.56 Å². The van der Waals surface area contributed by atoms with Gasteiger partial charge in [0, 0.05) is 5.33 Å².